The molecule has 1 aromatic rings. The Hall–Kier alpha value is -1.55. The first-order chi connectivity index (χ1) is 12.4. The van der Waals surface area contributed by atoms with Crippen LogP contribution in [0.2, 0.25) is 0 Å². The lowest BCUT2D eigenvalue weighted by molar-refractivity contribution is -0.142. The summed E-state index contributed by atoms with van der Waals surface area (Å²) in [5.41, 5.74) is 2.48. The molecule has 3 aliphatic rings. The number of carbonyl (C=O) groups is 1. The van der Waals surface area contributed by atoms with Crippen molar-refractivity contribution in [3.63, 3.8) is 0 Å². The molecule has 2 aliphatic carbocycles. The summed E-state index contributed by atoms with van der Waals surface area (Å²) >= 11 is 0. The van der Waals surface area contributed by atoms with E-state index >= 15 is 0 Å². The molecule has 4 nitrogen and oxygen atoms in total. The van der Waals surface area contributed by atoms with Crippen molar-refractivity contribution in [2.75, 3.05) is 20.6 Å². The van der Waals surface area contributed by atoms with Gasteiger partial charge in [0.05, 0.1) is 6.04 Å². The molecule has 1 saturated carbocycles. The fraction of sp³-hybridized carbons (Fsp3) is 0.682. The third-order valence-corrected chi connectivity index (χ3v) is 7.42. The van der Waals surface area contributed by atoms with E-state index in [4.69, 9.17) is 0 Å². The molecule has 26 heavy (non-hydrogen) atoms. The lowest BCUT2D eigenvalue weighted by atomic mass is 9.61. The highest BCUT2D eigenvalue weighted by molar-refractivity contribution is 5.79. The number of phenolic OH excluding ortho intramolecular Hbond substituents is 1. The van der Waals surface area contributed by atoms with Gasteiger partial charge in [0, 0.05) is 24.4 Å². The topological polar surface area (TPSA) is 43.8 Å². The molecule has 142 valence electrons. The second kappa shape index (κ2) is 6.56. The summed E-state index contributed by atoms with van der Waals surface area (Å²) < 4.78 is 0. The Morgan fingerprint density at radius 2 is 2.00 bits per heavy atom. The minimum atomic E-state index is -0.0947. The smallest absolute Gasteiger partial charge is 0.225 e. The lowest BCUT2D eigenvalue weighted by Crippen LogP contribution is -2.67. The zero-order valence-corrected chi connectivity index (χ0v) is 16.4. The van der Waals surface area contributed by atoms with Crippen LogP contribution in [-0.4, -0.2) is 53.5 Å². The largest absolute Gasteiger partial charge is 0.508 e. The van der Waals surface area contributed by atoms with Gasteiger partial charge in [0.1, 0.15) is 5.75 Å². The van der Waals surface area contributed by atoms with Crippen LogP contribution in [0.3, 0.4) is 0 Å². The van der Waals surface area contributed by atoms with Crippen molar-refractivity contribution >= 4 is 5.91 Å². The number of piperidine rings is 1. The van der Waals surface area contributed by atoms with Gasteiger partial charge in [-0.1, -0.05) is 32.3 Å². The van der Waals surface area contributed by atoms with Crippen molar-refractivity contribution in [3.8, 4) is 5.75 Å². The normalized spacial score (nSPS) is 32.1. The van der Waals surface area contributed by atoms with Gasteiger partial charge in [-0.25, -0.2) is 0 Å². The second-order valence-corrected chi connectivity index (χ2v) is 8.99. The SMILES string of the molecule is CN1CCC2(C)c3cc(O)ccc3C[C@@H]1[C@H]2N(C)C(=O)C1CCCCC1. The van der Waals surface area contributed by atoms with Crippen LogP contribution in [0.1, 0.15) is 56.6 Å². The van der Waals surface area contributed by atoms with Gasteiger partial charge in [-0.2, -0.15) is 0 Å². The van der Waals surface area contributed by atoms with Gasteiger partial charge in [-0.15, -0.1) is 0 Å². The maximum Gasteiger partial charge on any atom is 0.225 e. The molecule has 1 saturated heterocycles. The van der Waals surface area contributed by atoms with Crippen molar-refractivity contribution in [2.24, 2.45) is 5.92 Å². The zero-order chi connectivity index (χ0) is 18.5. The van der Waals surface area contributed by atoms with Crippen LogP contribution in [0.5, 0.6) is 5.75 Å². The maximum atomic E-state index is 13.3. The van der Waals surface area contributed by atoms with Crippen LogP contribution in [0.25, 0.3) is 0 Å². The van der Waals surface area contributed by atoms with Crippen LogP contribution in [0.15, 0.2) is 18.2 Å². The summed E-state index contributed by atoms with van der Waals surface area (Å²) in [5.74, 6) is 0.876. The summed E-state index contributed by atoms with van der Waals surface area (Å²) in [5, 5.41) is 10.1. The molecular weight excluding hydrogens is 324 g/mol. The molecule has 1 heterocycles. The number of hydrogen-bond donors (Lipinski definition) is 1. The summed E-state index contributed by atoms with van der Waals surface area (Å²) in [6.45, 7) is 3.35. The van der Waals surface area contributed by atoms with Crippen LogP contribution >= 0.6 is 0 Å². The van der Waals surface area contributed by atoms with Gasteiger partial charge in [0.15, 0.2) is 0 Å². The first-order valence-electron chi connectivity index (χ1n) is 10.2. The van der Waals surface area contributed by atoms with Crippen molar-refractivity contribution in [3.05, 3.63) is 29.3 Å². The fourth-order valence-corrected chi connectivity index (χ4v) is 5.91. The number of phenols is 1. The monoisotopic (exact) mass is 356 g/mol. The highest BCUT2D eigenvalue weighted by Gasteiger charge is 2.53. The Bertz CT molecular complexity index is 697. The van der Waals surface area contributed by atoms with E-state index in [1.54, 1.807) is 6.07 Å². The first kappa shape index (κ1) is 17.8. The third-order valence-electron chi connectivity index (χ3n) is 7.42. The Labute approximate surface area is 157 Å². The number of likely N-dealkylation sites (tertiary alicyclic amines) is 1. The molecule has 1 amide bonds. The molecule has 1 aromatic carbocycles. The number of amides is 1. The van der Waals surface area contributed by atoms with E-state index in [9.17, 15) is 9.90 Å². The van der Waals surface area contributed by atoms with E-state index in [1.165, 1.54) is 30.4 Å². The quantitative estimate of drug-likeness (QED) is 0.884. The number of rotatable bonds is 2. The molecule has 2 fully saturated rings. The van der Waals surface area contributed by atoms with Crippen molar-refractivity contribution in [2.45, 2.75) is 69.4 Å². The van der Waals surface area contributed by atoms with Crippen molar-refractivity contribution in [1.29, 1.82) is 0 Å². The summed E-state index contributed by atoms with van der Waals surface area (Å²) in [7, 11) is 4.22. The number of likely N-dealkylation sites (N-methyl/N-ethyl adjacent to an activating group) is 2. The highest BCUT2D eigenvalue weighted by atomic mass is 16.3. The average Bonchev–Trinajstić information content (AvgIpc) is 2.65. The second-order valence-electron chi connectivity index (χ2n) is 8.99. The average molecular weight is 357 g/mol. The Kier molecular flexibility index (Phi) is 4.50. The predicted octanol–water partition coefficient (Wildman–Crippen LogP) is 3.32. The molecule has 0 radical (unpaired) electrons. The van der Waals surface area contributed by atoms with Crippen LogP contribution in [-0.2, 0) is 16.6 Å². The predicted molar refractivity (Wildman–Crippen MR) is 103 cm³/mol. The van der Waals surface area contributed by atoms with E-state index in [1.807, 2.05) is 13.1 Å². The van der Waals surface area contributed by atoms with E-state index in [0.717, 1.165) is 32.2 Å². The van der Waals surface area contributed by atoms with Gasteiger partial charge >= 0.3 is 0 Å². The summed E-state index contributed by atoms with van der Waals surface area (Å²) in [6.07, 6.45) is 7.71. The number of hydrogen-bond acceptors (Lipinski definition) is 3. The van der Waals surface area contributed by atoms with Crippen molar-refractivity contribution < 1.29 is 9.90 Å². The van der Waals surface area contributed by atoms with Gasteiger partial charge in [-0.05, 0) is 62.5 Å². The Morgan fingerprint density at radius 3 is 2.73 bits per heavy atom. The highest BCUT2D eigenvalue weighted by Crippen LogP contribution is 2.47. The van der Waals surface area contributed by atoms with Gasteiger partial charge in [0.2, 0.25) is 5.91 Å². The molecule has 4 heteroatoms. The molecular formula is C22H32N2O2. The number of nitrogens with zero attached hydrogens (tertiary/aromatic N) is 2. The van der Waals surface area contributed by atoms with E-state index in [2.05, 4.69) is 29.8 Å². The molecule has 1 N–H and O–H groups in total. The van der Waals surface area contributed by atoms with Crippen molar-refractivity contribution in [1.82, 2.24) is 9.80 Å². The van der Waals surface area contributed by atoms with Crippen LogP contribution in [0.4, 0.5) is 0 Å². The fourth-order valence-electron chi connectivity index (χ4n) is 5.91. The first-order valence-corrected chi connectivity index (χ1v) is 10.2. The minimum absolute atomic E-state index is 0.0947. The molecule has 1 unspecified atom stereocenters. The van der Waals surface area contributed by atoms with Gasteiger partial charge < -0.3 is 14.9 Å². The number of aromatic hydroxyl groups is 1. The molecule has 0 spiro atoms. The molecule has 4 rings (SSSR count). The number of fused-ring (bicyclic) bond motifs is 4. The van der Waals surface area contributed by atoms with Gasteiger partial charge in [0.25, 0.3) is 0 Å². The standard InChI is InChI=1S/C22H32N2O2/c1-22-11-12-23(2)19(13-16-9-10-17(25)14-18(16)22)20(22)24(3)21(26)15-7-5-4-6-8-15/h9-10,14-15,19-20,25H,4-8,11-13H2,1-3H3/t19-,20-,22?/m1/s1. The summed E-state index contributed by atoms with van der Waals surface area (Å²) in [4.78, 5) is 17.8. The minimum Gasteiger partial charge on any atom is -0.508 e. The molecule has 3 atom stereocenters. The lowest BCUT2D eigenvalue weighted by Gasteiger charge is -2.57. The third kappa shape index (κ3) is 2.74. The Balaban J connectivity index is 1.71. The molecule has 2 bridgehead atoms. The molecule has 0 aromatic heterocycles. The summed E-state index contributed by atoms with van der Waals surface area (Å²) in [6, 6.07) is 6.35. The molecule has 1 aliphatic heterocycles. The maximum absolute atomic E-state index is 13.3. The van der Waals surface area contributed by atoms with E-state index < -0.39 is 0 Å². The van der Waals surface area contributed by atoms with Crippen LogP contribution < -0.4 is 0 Å². The Morgan fingerprint density at radius 1 is 1.27 bits per heavy atom. The zero-order valence-electron chi connectivity index (χ0n) is 16.4. The number of carbonyl (C=O) groups excluding carboxylic acids is 1. The van der Waals surface area contributed by atoms with E-state index in [-0.39, 0.29) is 17.4 Å². The number of benzene rings is 1. The van der Waals surface area contributed by atoms with Gasteiger partial charge in [-0.3, -0.25) is 4.79 Å². The van der Waals surface area contributed by atoms with Crippen LogP contribution in [0, 0.1) is 5.92 Å². The van der Waals surface area contributed by atoms with E-state index in [0.29, 0.717) is 17.7 Å².